The van der Waals surface area contributed by atoms with Gasteiger partial charge in [-0.05, 0) is 31.9 Å². The summed E-state index contributed by atoms with van der Waals surface area (Å²) in [5.74, 6) is -1.75. The Hall–Kier alpha value is -2.78. The number of hydrogen-bond acceptors (Lipinski definition) is 8. The van der Waals surface area contributed by atoms with Gasteiger partial charge in [-0.2, -0.15) is 0 Å². The Bertz CT molecular complexity index is 1030. The number of carbonyl (C=O) groups is 1. The average molecular weight is 468 g/mol. The lowest BCUT2D eigenvalue weighted by atomic mass is 9.85. The van der Waals surface area contributed by atoms with Crippen LogP contribution in [0.4, 0.5) is 0 Å². The first-order valence-corrected chi connectivity index (χ1v) is 11.6. The van der Waals surface area contributed by atoms with Gasteiger partial charge in [0.1, 0.15) is 24.0 Å². The molecular formula is C26H29NO7. The molecule has 0 spiro atoms. The van der Waals surface area contributed by atoms with E-state index in [1.165, 1.54) is 0 Å². The molecule has 0 unspecified atom stereocenters. The number of esters is 1. The van der Waals surface area contributed by atoms with Crippen molar-refractivity contribution in [3.63, 3.8) is 0 Å². The number of ether oxygens (including phenoxy) is 5. The van der Waals surface area contributed by atoms with E-state index in [-0.39, 0.29) is 6.61 Å². The predicted octanol–water partition coefficient (Wildman–Crippen LogP) is 3.55. The molecule has 5 rings (SSSR count). The molecule has 34 heavy (non-hydrogen) atoms. The third kappa shape index (κ3) is 4.46. The van der Waals surface area contributed by atoms with Gasteiger partial charge in [0.05, 0.1) is 19.1 Å². The van der Waals surface area contributed by atoms with Crippen LogP contribution in [-0.2, 0) is 39.9 Å². The standard InChI is InChI=1S/C26H29NO7/c1-4-29-24(28)20-18(17-13-9-6-10-14-17)19(27-34-20)21-22(30-15-16-11-7-5-8-12-16)23-25(31-21)33-26(2,3)32-23/h5-14,18,20-23,25H,4,15H2,1-3H3/t18-,20-,21-,22+,23-,25-/m1/s1. The highest BCUT2D eigenvalue weighted by molar-refractivity contribution is 6.00. The highest BCUT2D eigenvalue weighted by Crippen LogP contribution is 2.43. The molecule has 8 nitrogen and oxygen atoms in total. The molecule has 0 saturated carbocycles. The molecule has 3 heterocycles. The predicted molar refractivity (Wildman–Crippen MR) is 122 cm³/mol. The molecule has 0 bridgehead atoms. The second-order valence-corrected chi connectivity index (χ2v) is 8.97. The second kappa shape index (κ2) is 9.46. The number of nitrogens with zero attached hydrogens (tertiary/aromatic N) is 1. The average Bonchev–Trinajstić information content (AvgIpc) is 3.49. The summed E-state index contributed by atoms with van der Waals surface area (Å²) in [5, 5.41) is 4.33. The molecule has 0 aliphatic carbocycles. The van der Waals surface area contributed by atoms with E-state index in [0.29, 0.717) is 12.3 Å². The zero-order valence-electron chi connectivity index (χ0n) is 19.5. The van der Waals surface area contributed by atoms with Gasteiger partial charge in [0.25, 0.3) is 0 Å². The van der Waals surface area contributed by atoms with Gasteiger partial charge in [-0.25, -0.2) is 4.79 Å². The van der Waals surface area contributed by atoms with Crippen LogP contribution in [0.3, 0.4) is 0 Å². The molecule has 180 valence electrons. The van der Waals surface area contributed by atoms with Gasteiger partial charge in [0.15, 0.2) is 12.1 Å². The van der Waals surface area contributed by atoms with E-state index < -0.39 is 48.4 Å². The Balaban J connectivity index is 1.45. The zero-order chi connectivity index (χ0) is 23.7. The fourth-order valence-corrected chi connectivity index (χ4v) is 4.69. The molecule has 8 heteroatoms. The Morgan fingerprint density at radius 2 is 1.74 bits per heavy atom. The summed E-state index contributed by atoms with van der Waals surface area (Å²) in [4.78, 5) is 18.4. The van der Waals surface area contributed by atoms with E-state index in [1.807, 2.05) is 74.5 Å². The van der Waals surface area contributed by atoms with Gasteiger partial charge in [0, 0.05) is 0 Å². The fraction of sp³-hybridized carbons (Fsp3) is 0.462. The number of hydrogen-bond donors (Lipinski definition) is 0. The number of carbonyl (C=O) groups excluding carboxylic acids is 1. The minimum Gasteiger partial charge on any atom is -0.463 e. The van der Waals surface area contributed by atoms with Gasteiger partial charge in [0.2, 0.25) is 6.10 Å². The lowest BCUT2D eigenvalue weighted by Crippen LogP contribution is -2.43. The largest absolute Gasteiger partial charge is 0.463 e. The number of rotatable bonds is 7. The molecule has 3 aliphatic heterocycles. The van der Waals surface area contributed by atoms with E-state index in [1.54, 1.807) is 6.92 Å². The summed E-state index contributed by atoms with van der Waals surface area (Å²) >= 11 is 0. The van der Waals surface area contributed by atoms with Crippen molar-refractivity contribution in [1.82, 2.24) is 0 Å². The van der Waals surface area contributed by atoms with E-state index in [0.717, 1.165) is 11.1 Å². The zero-order valence-corrected chi connectivity index (χ0v) is 19.5. The first-order valence-electron chi connectivity index (χ1n) is 11.6. The maximum atomic E-state index is 12.7. The van der Waals surface area contributed by atoms with E-state index in [2.05, 4.69) is 5.16 Å². The molecule has 0 N–H and O–H groups in total. The van der Waals surface area contributed by atoms with Crippen molar-refractivity contribution in [1.29, 1.82) is 0 Å². The maximum absolute atomic E-state index is 12.7. The highest BCUT2D eigenvalue weighted by atomic mass is 16.8. The Morgan fingerprint density at radius 3 is 2.44 bits per heavy atom. The molecule has 0 aromatic heterocycles. The van der Waals surface area contributed by atoms with Crippen LogP contribution >= 0.6 is 0 Å². The normalized spacial score (nSPS) is 31.6. The minimum absolute atomic E-state index is 0.249. The molecule has 2 aromatic rings. The van der Waals surface area contributed by atoms with Crippen LogP contribution in [0.5, 0.6) is 0 Å². The first kappa shape index (κ1) is 23.0. The van der Waals surface area contributed by atoms with Crippen LogP contribution < -0.4 is 0 Å². The third-order valence-corrected chi connectivity index (χ3v) is 6.14. The van der Waals surface area contributed by atoms with Crippen molar-refractivity contribution < 1.29 is 33.3 Å². The Kier molecular flexibility index (Phi) is 6.40. The number of fused-ring (bicyclic) bond motifs is 1. The summed E-state index contributed by atoms with van der Waals surface area (Å²) in [5.41, 5.74) is 2.46. The quantitative estimate of drug-likeness (QED) is 0.576. The van der Waals surface area contributed by atoms with Crippen LogP contribution in [0, 0.1) is 0 Å². The fourth-order valence-electron chi connectivity index (χ4n) is 4.69. The lowest BCUT2D eigenvalue weighted by Gasteiger charge is -2.28. The van der Waals surface area contributed by atoms with Crippen LogP contribution in [0.1, 0.15) is 37.8 Å². The molecule has 2 aromatic carbocycles. The molecule has 2 fully saturated rings. The maximum Gasteiger partial charge on any atom is 0.351 e. The van der Waals surface area contributed by atoms with Gasteiger partial charge in [-0.3, -0.25) is 0 Å². The summed E-state index contributed by atoms with van der Waals surface area (Å²) in [7, 11) is 0. The topological polar surface area (TPSA) is 84.8 Å². The van der Waals surface area contributed by atoms with Gasteiger partial charge < -0.3 is 28.5 Å². The monoisotopic (exact) mass is 467 g/mol. The van der Waals surface area contributed by atoms with Crippen LogP contribution in [0.15, 0.2) is 65.8 Å². The lowest BCUT2D eigenvalue weighted by molar-refractivity contribution is -0.210. The van der Waals surface area contributed by atoms with Gasteiger partial charge in [-0.1, -0.05) is 65.8 Å². The van der Waals surface area contributed by atoms with Crippen molar-refractivity contribution in [2.75, 3.05) is 6.61 Å². The van der Waals surface area contributed by atoms with Crippen LogP contribution in [0.2, 0.25) is 0 Å². The second-order valence-electron chi connectivity index (χ2n) is 8.97. The SMILES string of the molecule is CCOC(=O)[C@@H]1ON=C([C@H]2O[C@@H]3OC(C)(C)O[C@@H]3[C@H]2OCc2ccccc2)[C@H]1c1ccccc1. The van der Waals surface area contributed by atoms with Crippen molar-refractivity contribution in [3.8, 4) is 0 Å². The number of benzene rings is 2. The van der Waals surface area contributed by atoms with E-state index in [4.69, 9.17) is 28.5 Å². The minimum atomic E-state index is -0.908. The Labute approximate surface area is 198 Å². The smallest absolute Gasteiger partial charge is 0.351 e. The third-order valence-electron chi connectivity index (χ3n) is 6.14. The van der Waals surface area contributed by atoms with Crippen molar-refractivity contribution in [2.24, 2.45) is 5.16 Å². The molecule has 0 amide bonds. The van der Waals surface area contributed by atoms with Crippen molar-refractivity contribution in [3.05, 3.63) is 71.8 Å². The number of oxime groups is 1. The van der Waals surface area contributed by atoms with E-state index in [9.17, 15) is 4.79 Å². The van der Waals surface area contributed by atoms with E-state index >= 15 is 0 Å². The summed E-state index contributed by atoms with van der Waals surface area (Å²) < 4.78 is 30.1. The highest BCUT2D eigenvalue weighted by Gasteiger charge is 2.59. The summed E-state index contributed by atoms with van der Waals surface area (Å²) in [6.07, 6.45) is -3.12. The van der Waals surface area contributed by atoms with Crippen molar-refractivity contribution in [2.45, 2.75) is 69.8 Å². The van der Waals surface area contributed by atoms with Crippen LogP contribution in [-0.4, -0.2) is 54.8 Å². The van der Waals surface area contributed by atoms with Crippen molar-refractivity contribution >= 4 is 11.7 Å². The molecule has 2 saturated heterocycles. The van der Waals surface area contributed by atoms with Gasteiger partial charge >= 0.3 is 5.97 Å². The molecule has 0 radical (unpaired) electrons. The first-order chi connectivity index (χ1) is 16.5. The summed E-state index contributed by atoms with van der Waals surface area (Å²) in [6.45, 7) is 6.07. The molecule has 3 aliphatic rings. The van der Waals surface area contributed by atoms with Gasteiger partial charge in [-0.15, -0.1) is 0 Å². The molecular weight excluding hydrogens is 438 g/mol. The summed E-state index contributed by atoms with van der Waals surface area (Å²) in [6, 6.07) is 19.5. The Morgan fingerprint density at radius 1 is 1.03 bits per heavy atom. The molecule has 6 atom stereocenters. The van der Waals surface area contributed by atoms with Crippen LogP contribution in [0.25, 0.3) is 0 Å².